The lowest BCUT2D eigenvalue weighted by Gasteiger charge is -2.12. The van der Waals surface area contributed by atoms with Crippen molar-refractivity contribution in [2.45, 2.75) is 12.2 Å². The van der Waals surface area contributed by atoms with Crippen molar-refractivity contribution >= 4 is 38.8 Å². The van der Waals surface area contributed by atoms with E-state index in [1.165, 1.54) is 10.4 Å². The zero-order valence-corrected chi connectivity index (χ0v) is 14.6. The van der Waals surface area contributed by atoms with Crippen LogP contribution in [0.25, 0.3) is 21.2 Å². The summed E-state index contributed by atoms with van der Waals surface area (Å²) in [6.07, 6.45) is 4.26. The molecule has 0 N–H and O–H groups in total. The van der Waals surface area contributed by atoms with Gasteiger partial charge >= 0.3 is 0 Å². The molecule has 2 aromatic carbocycles. The number of ketones is 1. The van der Waals surface area contributed by atoms with E-state index in [1.807, 2.05) is 25.1 Å². The van der Waals surface area contributed by atoms with Crippen LogP contribution in [0.15, 0.2) is 53.9 Å². The summed E-state index contributed by atoms with van der Waals surface area (Å²) in [7, 11) is 0.0838. The monoisotopic (exact) mass is 327 g/mol. The highest BCUT2D eigenvalue weighted by atomic mass is 32.2. The van der Waals surface area contributed by atoms with Crippen LogP contribution in [-0.2, 0) is 10.9 Å². The van der Waals surface area contributed by atoms with E-state index in [0.29, 0.717) is 0 Å². The number of hydrogen-bond acceptors (Lipinski definition) is 2. The molecule has 0 saturated heterocycles. The van der Waals surface area contributed by atoms with Gasteiger partial charge in [-0.05, 0) is 51.7 Å². The van der Waals surface area contributed by atoms with Crippen molar-refractivity contribution in [2.75, 3.05) is 12.5 Å². The zero-order chi connectivity index (χ0) is 15.7. The Bertz CT molecular complexity index is 803. The third-order valence-corrected chi connectivity index (χ3v) is 6.58. The second-order valence-electron chi connectivity index (χ2n) is 5.57. The Kier molecular flexibility index (Phi) is 4.37. The lowest BCUT2D eigenvalue weighted by atomic mass is 9.95. The Hall–Kier alpha value is -1.58. The maximum atomic E-state index is 12.8. The van der Waals surface area contributed by atoms with E-state index >= 15 is 0 Å². The molecule has 0 aliphatic rings. The van der Waals surface area contributed by atoms with Crippen molar-refractivity contribution in [1.29, 1.82) is 0 Å². The van der Waals surface area contributed by atoms with E-state index in [2.05, 4.69) is 48.2 Å². The summed E-state index contributed by atoms with van der Waals surface area (Å²) in [5, 5.41) is 4.38. The van der Waals surface area contributed by atoms with Gasteiger partial charge in [0, 0.05) is 10.4 Å². The van der Waals surface area contributed by atoms with Crippen molar-refractivity contribution in [2.24, 2.45) is 0 Å². The molecule has 0 spiro atoms. The number of rotatable bonds is 4. The number of thiophene rings is 1. The number of carbonyl (C=O) groups is 1. The van der Waals surface area contributed by atoms with Crippen LogP contribution in [0.4, 0.5) is 0 Å². The quantitative estimate of drug-likeness (QED) is 0.486. The number of carbonyl (C=O) groups excluding carboxylic acids is 1. The van der Waals surface area contributed by atoms with Gasteiger partial charge in [-0.15, -0.1) is 11.3 Å². The van der Waals surface area contributed by atoms with Gasteiger partial charge in [-0.3, -0.25) is 4.79 Å². The first-order valence-corrected chi connectivity index (χ1v) is 10.2. The van der Waals surface area contributed by atoms with Gasteiger partial charge in [-0.1, -0.05) is 36.4 Å². The van der Waals surface area contributed by atoms with Gasteiger partial charge < -0.3 is 0 Å². The van der Waals surface area contributed by atoms with Crippen LogP contribution < -0.4 is 0 Å². The lowest BCUT2D eigenvalue weighted by molar-refractivity contribution is 0.0995. The Morgan fingerprint density at radius 3 is 2.36 bits per heavy atom. The molecule has 1 unspecified atom stereocenters. The van der Waals surface area contributed by atoms with Crippen LogP contribution in [0.2, 0.25) is 0 Å². The van der Waals surface area contributed by atoms with Crippen LogP contribution in [0, 0.1) is 0 Å². The number of fused-ring (bicyclic) bond motifs is 1. The third kappa shape index (κ3) is 2.71. The highest BCUT2D eigenvalue weighted by Gasteiger charge is 2.27. The van der Waals surface area contributed by atoms with E-state index in [-0.39, 0.29) is 21.9 Å². The van der Waals surface area contributed by atoms with Gasteiger partial charge in [0.15, 0.2) is 5.25 Å². The first kappa shape index (κ1) is 15.3. The van der Waals surface area contributed by atoms with E-state index in [1.54, 1.807) is 11.3 Å². The fraction of sp³-hybridized carbons (Fsp3) is 0.211. The molecule has 1 heterocycles. The summed E-state index contributed by atoms with van der Waals surface area (Å²) < 4.78 is 0. The predicted molar refractivity (Wildman–Crippen MR) is 100 cm³/mol. The second kappa shape index (κ2) is 6.27. The fourth-order valence-corrected chi connectivity index (χ4v) is 3.91. The molecule has 1 aromatic heterocycles. The number of hydrogen-bond donors (Lipinski definition) is 0. The largest absolute Gasteiger partial charge is 0.288 e. The maximum Gasteiger partial charge on any atom is 0.215 e. The minimum atomic E-state index is 0.0657. The molecular weight excluding hydrogens is 308 g/mol. The van der Waals surface area contributed by atoms with Gasteiger partial charge in [0.2, 0.25) is 5.78 Å². The Labute approximate surface area is 138 Å². The third-order valence-electron chi connectivity index (χ3n) is 4.05. The minimum absolute atomic E-state index is 0.0657. The van der Waals surface area contributed by atoms with Crippen LogP contribution in [0.3, 0.4) is 0 Å². The summed E-state index contributed by atoms with van der Waals surface area (Å²) in [5.74, 6) is 0.252. The summed E-state index contributed by atoms with van der Waals surface area (Å²) in [6, 6.07) is 16.5. The summed E-state index contributed by atoms with van der Waals surface area (Å²) >= 11 is 1.73. The molecule has 3 heteroatoms. The first-order chi connectivity index (χ1) is 10.6. The van der Waals surface area contributed by atoms with Crippen molar-refractivity contribution in [3.8, 4) is 10.4 Å². The van der Waals surface area contributed by atoms with Gasteiger partial charge in [0.25, 0.3) is 0 Å². The van der Waals surface area contributed by atoms with E-state index < -0.39 is 0 Å². The fourth-order valence-electron chi connectivity index (χ4n) is 2.59. The lowest BCUT2D eigenvalue weighted by Crippen LogP contribution is -2.25. The molecule has 1 nitrogen and oxygen atoms in total. The topological polar surface area (TPSA) is 17.1 Å². The Morgan fingerprint density at radius 1 is 1.00 bits per heavy atom. The molecule has 1 atom stereocenters. The molecule has 0 radical (unpaired) electrons. The second-order valence-corrected chi connectivity index (χ2v) is 8.98. The molecule has 0 bridgehead atoms. The number of benzene rings is 2. The molecule has 0 aliphatic heterocycles. The van der Waals surface area contributed by atoms with Gasteiger partial charge in [0.05, 0.1) is 12.5 Å². The molecular formula is C19H19OS2+. The molecule has 3 rings (SSSR count). The van der Waals surface area contributed by atoms with Gasteiger partial charge in [-0.25, -0.2) is 0 Å². The molecule has 112 valence electrons. The van der Waals surface area contributed by atoms with E-state index in [0.717, 1.165) is 16.3 Å². The molecule has 0 aliphatic carbocycles. The first-order valence-electron chi connectivity index (χ1n) is 7.26. The van der Waals surface area contributed by atoms with Crippen molar-refractivity contribution < 1.29 is 4.79 Å². The molecule has 0 saturated carbocycles. The average Bonchev–Trinajstić information content (AvgIpc) is 3.06. The minimum Gasteiger partial charge on any atom is -0.288 e. The molecule has 3 aromatic rings. The zero-order valence-electron chi connectivity index (χ0n) is 13.0. The normalized spacial score (nSPS) is 12.7. The smallest absolute Gasteiger partial charge is 0.215 e. The van der Waals surface area contributed by atoms with Crippen LogP contribution in [-0.4, -0.2) is 23.5 Å². The Morgan fingerprint density at radius 2 is 1.73 bits per heavy atom. The van der Waals surface area contributed by atoms with Crippen LogP contribution in [0.5, 0.6) is 0 Å². The van der Waals surface area contributed by atoms with E-state index in [9.17, 15) is 4.79 Å². The predicted octanol–water partition coefficient (Wildman–Crippen LogP) is 5.02. The highest BCUT2D eigenvalue weighted by molar-refractivity contribution is 7.96. The number of Topliss-reactive ketones (excluding diaryl/α,β-unsaturated/α-hetero) is 1. The molecule has 0 amide bonds. The SMILES string of the molecule is CC(C(=O)c1ccc(-c2cccs2)c2ccccc12)[S+](C)C. The molecule has 0 fully saturated rings. The van der Waals surface area contributed by atoms with Crippen LogP contribution in [0.1, 0.15) is 17.3 Å². The maximum absolute atomic E-state index is 12.8. The van der Waals surface area contributed by atoms with Crippen molar-refractivity contribution in [3.63, 3.8) is 0 Å². The average molecular weight is 327 g/mol. The van der Waals surface area contributed by atoms with E-state index in [4.69, 9.17) is 0 Å². The summed E-state index contributed by atoms with van der Waals surface area (Å²) in [5.41, 5.74) is 2.06. The van der Waals surface area contributed by atoms with Crippen LogP contribution >= 0.6 is 11.3 Å². The van der Waals surface area contributed by atoms with Crippen molar-refractivity contribution in [1.82, 2.24) is 0 Å². The van der Waals surface area contributed by atoms with Crippen molar-refractivity contribution in [3.05, 3.63) is 59.5 Å². The molecule has 22 heavy (non-hydrogen) atoms. The summed E-state index contributed by atoms with van der Waals surface area (Å²) in [4.78, 5) is 14.1. The Balaban J connectivity index is 2.19. The van der Waals surface area contributed by atoms with Gasteiger partial charge in [-0.2, -0.15) is 0 Å². The standard InChI is InChI=1S/C19H19OS2/c1-13(22(2)3)19(20)17-11-10-16(18-9-6-12-21-18)14-7-4-5-8-15(14)17/h4-13H,1-3H3/q+1. The highest BCUT2D eigenvalue weighted by Crippen LogP contribution is 2.34. The van der Waals surface area contributed by atoms with Gasteiger partial charge in [0.1, 0.15) is 0 Å². The summed E-state index contributed by atoms with van der Waals surface area (Å²) in [6.45, 7) is 2.04.